The summed E-state index contributed by atoms with van der Waals surface area (Å²) in [4.78, 5) is 0. The van der Waals surface area contributed by atoms with E-state index in [2.05, 4.69) is 39.1 Å². The van der Waals surface area contributed by atoms with Gasteiger partial charge in [0.25, 0.3) is 0 Å². The Labute approximate surface area is 107 Å². The van der Waals surface area contributed by atoms with Gasteiger partial charge in [-0.1, -0.05) is 25.1 Å². The summed E-state index contributed by atoms with van der Waals surface area (Å²) in [6.45, 7) is 2.13. The van der Waals surface area contributed by atoms with Crippen molar-refractivity contribution >= 4 is 26.9 Å². The molecule has 0 atom stereocenters. The molecule has 3 aromatic rings. The molecular formula is C13H11BrN2O. The summed E-state index contributed by atoms with van der Waals surface area (Å²) >= 11 is 3.47. The van der Waals surface area contributed by atoms with Crippen molar-refractivity contribution < 1.29 is 4.42 Å². The molecule has 2 aromatic heterocycles. The van der Waals surface area contributed by atoms with Crippen molar-refractivity contribution in [2.75, 3.05) is 0 Å². The highest BCUT2D eigenvalue weighted by Crippen LogP contribution is 2.35. The fraction of sp³-hybridized carbons (Fsp3) is 0.154. The predicted octanol–water partition coefficient (Wildman–Crippen LogP) is 4.15. The van der Waals surface area contributed by atoms with Crippen LogP contribution in [0.15, 0.2) is 39.4 Å². The molecule has 0 aliphatic rings. The zero-order valence-electron chi connectivity index (χ0n) is 9.33. The molecule has 17 heavy (non-hydrogen) atoms. The molecule has 0 spiro atoms. The van der Waals surface area contributed by atoms with E-state index in [9.17, 15) is 0 Å². The minimum Gasteiger partial charge on any atom is -0.454 e. The smallest absolute Gasteiger partial charge is 0.157 e. The molecular weight excluding hydrogens is 280 g/mol. The highest BCUT2D eigenvalue weighted by atomic mass is 79.9. The predicted molar refractivity (Wildman–Crippen MR) is 70.9 cm³/mol. The lowest BCUT2D eigenvalue weighted by molar-refractivity contribution is 0.624. The standard InChI is InChI=1S/C13H11BrN2O/c1-2-8-9-5-3-4-6-11(9)17-13(8)12-10(14)7-15-16-12/h3-7H,2H2,1H3,(H,15,16). The number of nitrogens with zero attached hydrogens (tertiary/aromatic N) is 1. The zero-order valence-corrected chi connectivity index (χ0v) is 10.9. The molecule has 0 aliphatic heterocycles. The van der Waals surface area contributed by atoms with Crippen LogP contribution in [0.3, 0.4) is 0 Å². The molecule has 86 valence electrons. The Morgan fingerprint density at radius 1 is 1.35 bits per heavy atom. The van der Waals surface area contributed by atoms with Crippen LogP contribution >= 0.6 is 15.9 Å². The number of H-pyrrole nitrogens is 1. The Balaban J connectivity index is 2.33. The third-order valence-electron chi connectivity index (χ3n) is 2.87. The number of aromatic nitrogens is 2. The van der Waals surface area contributed by atoms with Crippen LogP contribution in [-0.2, 0) is 6.42 Å². The average molecular weight is 291 g/mol. The Morgan fingerprint density at radius 2 is 2.18 bits per heavy atom. The van der Waals surface area contributed by atoms with Gasteiger partial charge in [0, 0.05) is 10.9 Å². The van der Waals surface area contributed by atoms with Crippen LogP contribution in [-0.4, -0.2) is 10.2 Å². The van der Waals surface area contributed by atoms with Gasteiger partial charge in [0.2, 0.25) is 0 Å². The lowest BCUT2D eigenvalue weighted by Crippen LogP contribution is -1.83. The van der Waals surface area contributed by atoms with Gasteiger partial charge in [-0.15, -0.1) is 0 Å². The molecule has 2 heterocycles. The maximum Gasteiger partial charge on any atom is 0.157 e. The third kappa shape index (κ3) is 1.60. The first-order valence-corrected chi connectivity index (χ1v) is 6.30. The highest BCUT2D eigenvalue weighted by molar-refractivity contribution is 9.10. The van der Waals surface area contributed by atoms with E-state index in [-0.39, 0.29) is 0 Å². The van der Waals surface area contributed by atoms with E-state index in [1.165, 1.54) is 10.9 Å². The second kappa shape index (κ2) is 4.04. The van der Waals surface area contributed by atoms with E-state index >= 15 is 0 Å². The second-order valence-corrected chi connectivity index (χ2v) is 4.71. The maximum atomic E-state index is 5.91. The van der Waals surface area contributed by atoms with E-state index in [0.29, 0.717) is 0 Å². The maximum absolute atomic E-state index is 5.91. The van der Waals surface area contributed by atoms with Crippen molar-refractivity contribution in [1.29, 1.82) is 0 Å². The van der Waals surface area contributed by atoms with E-state index in [0.717, 1.165) is 27.9 Å². The van der Waals surface area contributed by atoms with Crippen molar-refractivity contribution in [1.82, 2.24) is 10.2 Å². The molecule has 0 fully saturated rings. The van der Waals surface area contributed by atoms with Crippen molar-refractivity contribution in [3.8, 4) is 11.5 Å². The normalized spacial score (nSPS) is 11.2. The molecule has 0 aliphatic carbocycles. The van der Waals surface area contributed by atoms with Gasteiger partial charge in [-0.2, -0.15) is 5.10 Å². The van der Waals surface area contributed by atoms with Crippen LogP contribution in [0.25, 0.3) is 22.4 Å². The molecule has 0 saturated heterocycles. The van der Waals surface area contributed by atoms with Crippen LogP contribution in [0.4, 0.5) is 0 Å². The largest absolute Gasteiger partial charge is 0.454 e. The number of nitrogens with one attached hydrogen (secondary N) is 1. The topological polar surface area (TPSA) is 41.8 Å². The number of hydrogen-bond donors (Lipinski definition) is 1. The monoisotopic (exact) mass is 290 g/mol. The van der Waals surface area contributed by atoms with Gasteiger partial charge in [0.1, 0.15) is 11.3 Å². The quantitative estimate of drug-likeness (QED) is 0.770. The lowest BCUT2D eigenvalue weighted by Gasteiger charge is -1.97. The molecule has 0 unspecified atom stereocenters. The van der Waals surface area contributed by atoms with Gasteiger partial charge < -0.3 is 4.42 Å². The number of halogens is 1. The first-order valence-electron chi connectivity index (χ1n) is 5.51. The first kappa shape index (κ1) is 10.6. The third-order valence-corrected chi connectivity index (χ3v) is 3.47. The van der Waals surface area contributed by atoms with Gasteiger partial charge in [0.05, 0.1) is 10.7 Å². The van der Waals surface area contributed by atoms with E-state index in [1.54, 1.807) is 6.20 Å². The molecule has 3 rings (SSSR count). The summed E-state index contributed by atoms with van der Waals surface area (Å²) in [5.74, 6) is 0.873. The summed E-state index contributed by atoms with van der Waals surface area (Å²) in [5, 5.41) is 8.15. The van der Waals surface area contributed by atoms with Crippen LogP contribution in [0, 0.1) is 0 Å². The molecule has 0 saturated carbocycles. The van der Waals surface area contributed by atoms with Gasteiger partial charge in [0.15, 0.2) is 5.76 Å². The van der Waals surface area contributed by atoms with Gasteiger partial charge in [-0.25, -0.2) is 0 Å². The average Bonchev–Trinajstić information content (AvgIpc) is 2.91. The number of hydrogen-bond acceptors (Lipinski definition) is 2. The molecule has 0 bridgehead atoms. The van der Waals surface area contributed by atoms with Gasteiger partial charge in [-0.05, 0) is 28.4 Å². The number of furan rings is 1. The van der Waals surface area contributed by atoms with Crippen molar-refractivity contribution in [3.63, 3.8) is 0 Å². The minimum atomic E-state index is 0.873. The van der Waals surface area contributed by atoms with E-state index < -0.39 is 0 Å². The fourth-order valence-corrected chi connectivity index (χ4v) is 2.45. The number of para-hydroxylation sites is 1. The minimum absolute atomic E-state index is 0.873. The number of fused-ring (bicyclic) bond motifs is 1. The molecule has 4 heteroatoms. The number of rotatable bonds is 2. The number of benzene rings is 1. The summed E-state index contributed by atoms with van der Waals surface area (Å²) < 4.78 is 6.84. The molecule has 1 aromatic carbocycles. The van der Waals surface area contributed by atoms with Gasteiger partial charge >= 0.3 is 0 Å². The fourth-order valence-electron chi connectivity index (χ4n) is 2.08. The summed E-state index contributed by atoms with van der Waals surface area (Å²) in [5.41, 5.74) is 3.03. The Hall–Kier alpha value is -1.55. The lowest BCUT2D eigenvalue weighted by atomic mass is 10.1. The summed E-state index contributed by atoms with van der Waals surface area (Å²) in [6.07, 6.45) is 2.67. The molecule has 0 amide bonds. The summed E-state index contributed by atoms with van der Waals surface area (Å²) in [6, 6.07) is 8.09. The van der Waals surface area contributed by atoms with Crippen molar-refractivity contribution in [3.05, 3.63) is 40.5 Å². The Bertz CT molecular complexity index is 669. The Kier molecular flexibility index (Phi) is 2.52. The van der Waals surface area contributed by atoms with Crippen LogP contribution in [0.1, 0.15) is 12.5 Å². The molecule has 1 N–H and O–H groups in total. The van der Waals surface area contributed by atoms with Gasteiger partial charge in [-0.3, -0.25) is 5.10 Å². The number of aryl methyl sites for hydroxylation is 1. The van der Waals surface area contributed by atoms with Crippen molar-refractivity contribution in [2.45, 2.75) is 13.3 Å². The van der Waals surface area contributed by atoms with Crippen molar-refractivity contribution in [2.24, 2.45) is 0 Å². The van der Waals surface area contributed by atoms with E-state index in [1.807, 2.05) is 18.2 Å². The Morgan fingerprint density at radius 3 is 2.88 bits per heavy atom. The summed E-state index contributed by atoms with van der Waals surface area (Å²) in [7, 11) is 0. The van der Waals surface area contributed by atoms with Crippen LogP contribution < -0.4 is 0 Å². The van der Waals surface area contributed by atoms with Crippen LogP contribution in [0.2, 0.25) is 0 Å². The molecule has 0 radical (unpaired) electrons. The van der Waals surface area contributed by atoms with E-state index in [4.69, 9.17) is 4.42 Å². The van der Waals surface area contributed by atoms with Crippen LogP contribution in [0.5, 0.6) is 0 Å². The highest BCUT2D eigenvalue weighted by Gasteiger charge is 2.17. The first-order chi connectivity index (χ1) is 8.31. The number of aromatic amines is 1. The molecule has 3 nitrogen and oxygen atoms in total. The zero-order chi connectivity index (χ0) is 11.8. The second-order valence-electron chi connectivity index (χ2n) is 3.85. The SMILES string of the molecule is CCc1c(-c2[nH]ncc2Br)oc2ccccc12.